The molecule has 6 rings (SSSR count). The van der Waals surface area contributed by atoms with E-state index in [1.165, 1.54) is 0 Å². The van der Waals surface area contributed by atoms with Crippen molar-refractivity contribution in [2.75, 3.05) is 24.4 Å². The number of anilines is 2. The number of ether oxygens (including phenoxy) is 2. The third kappa shape index (κ3) is 6.72. The predicted octanol–water partition coefficient (Wildman–Crippen LogP) is -3.32. The molecule has 0 aliphatic carbocycles. The van der Waals surface area contributed by atoms with E-state index in [1.54, 1.807) is 0 Å². The largest absolute Gasteiger partial charge is 0.394 e. The molecule has 0 aromatic carbocycles. The van der Waals surface area contributed by atoms with Gasteiger partial charge in [-0.15, -0.1) is 0 Å². The van der Waals surface area contributed by atoms with Crippen LogP contribution in [-0.2, 0) is 19.0 Å². The summed E-state index contributed by atoms with van der Waals surface area (Å²) >= 11 is 0. The molecule has 0 saturated carbocycles. The highest BCUT2D eigenvalue weighted by molar-refractivity contribution is 7.45. The first-order valence-corrected chi connectivity index (χ1v) is 14.9. The molecule has 9 atom stereocenters. The lowest BCUT2D eigenvalue weighted by atomic mass is 10.1. The quantitative estimate of drug-likeness (QED) is 0.0200. The first kappa shape index (κ1) is 36.2. The summed E-state index contributed by atoms with van der Waals surface area (Å²) < 4.78 is 17.1. The standard InChI is InChI=1S/C10H13N8O8P.C10H12N8O5/c11-9-14-5-2(6(22)15-9)13-10(16-17-12)18(5)7-3(20)4(21)8(24-7)25-26-27(23)1-19;11-9-14-6-3(7(22)15-9)13-10(16-17-12)18(6)8-5(21)4(20)2(1-19)23-8/h3-4,7-8,19-21,23H,1H2,(H3,11,14,15,22);2,4-5,8,19-21H,1H2,(H3,11,14,15,22)/t3-,4?,7+,8+,27?;2-,4?,5+,8-/m01/s1. The Morgan fingerprint density at radius 1 is 0.820 bits per heavy atom. The van der Waals surface area contributed by atoms with Gasteiger partial charge in [-0.3, -0.25) is 28.7 Å². The van der Waals surface area contributed by atoms with Gasteiger partial charge in [-0.25, -0.2) is 9.97 Å². The number of nitrogen functional groups attached to an aromatic ring is 2. The minimum atomic E-state index is -2.34. The maximum atomic E-state index is 12.0. The maximum Gasteiger partial charge on any atom is 0.280 e. The molecular weight excluding hydrogens is 703 g/mol. The highest BCUT2D eigenvalue weighted by atomic mass is 31.2. The Bertz CT molecular complexity index is 2090. The van der Waals surface area contributed by atoms with Gasteiger partial charge in [0.1, 0.15) is 36.9 Å². The van der Waals surface area contributed by atoms with Crippen molar-refractivity contribution in [3.05, 3.63) is 41.6 Å². The van der Waals surface area contributed by atoms with Gasteiger partial charge in [-0.1, -0.05) is 0 Å². The third-order valence-electron chi connectivity index (χ3n) is 6.93. The van der Waals surface area contributed by atoms with Crippen LogP contribution in [0.4, 0.5) is 23.8 Å². The van der Waals surface area contributed by atoms with Crippen molar-refractivity contribution in [1.82, 2.24) is 39.0 Å². The predicted molar refractivity (Wildman–Crippen MR) is 160 cm³/mol. The average Bonchev–Trinajstić information content (AvgIpc) is 3.78. The van der Waals surface area contributed by atoms with Crippen LogP contribution < -0.4 is 22.6 Å². The van der Waals surface area contributed by atoms with Crippen LogP contribution in [0, 0.1) is 0 Å². The van der Waals surface area contributed by atoms with E-state index in [9.17, 15) is 34.9 Å². The van der Waals surface area contributed by atoms with Gasteiger partial charge in [-0.05, 0) is 21.3 Å². The van der Waals surface area contributed by atoms with Crippen LogP contribution in [0.2, 0.25) is 0 Å². The minimum absolute atomic E-state index is 0.0940. The van der Waals surface area contributed by atoms with Gasteiger partial charge in [0.25, 0.3) is 11.1 Å². The van der Waals surface area contributed by atoms with Gasteiger partial charge < -0.3 is 56.5 Å². The molecule has 30 heteroatoms. The molecule has 0 bridgehead atoms. The molecule has 268 valence electrons. The average molecular weight is 728 g/mol. The number of aliphatic hydroxyl groups is 6. The van der Waals surface area contributed by atoms with Crippen molar-refractivity contribution in [3.8, 4) is 0 Å². The highest BCUT2D eigenvalue weighted by Crippen LogP contribution is 2.38. The fraction of sp³-hybridized carbons (Fsp3) is 0.500. The lowest BCUT2D eigenvalue weighted by Gasteiger charge is -2.17. The molecule has 29 nitrogen and oxygen atoms in total. The number of imidazole rings is 2. The lowest BCUT2D eigenvalue weighted by molar-refractivity contribution is -0.332. The van der Waals surface area contributed by atoms with E-state index < -0.39 is 87.7 Å². The van der Waals surface area contributed by atoms with Crippen LogP contribution in [0.25, 0.3) is 43.2 Å². The van der Waals surface area contributed by atoms with Gasteiger partial charge in [0.05, 0.1) is 6.61 Å². The Morgan fingerprint density at radius 2 is 1.30 bits per heavy atom. The zero-order valence-electron chi connectivity index (χ0n) is 24.6. The first-order valence-electron chi connectivity index (χ1n) is 13.5. The molecule has 4 aromatic heterocycles. The van der Waals surface area contributed by atoms with Gasteiger partial charge in [0.2, 0.25) is 38.5 Å². The summed E-state index contributed by atoms with van der Waals surface area (Å²) in [5.74, 6) is -1.20. The summed E-state index contributed by atoms with van der Waals surface area (Å²) in [6.45, 7) is -0.547. The fourth-order valence-electron chi connectivity index (χ4n) is 4.80. The number of nitrogens with two attached hydrogens (primary N) is 2. The Morgan fingerprint density at radius 3 is 1.74 bits per heavy atom. The summed E-state index contributed by atoms with van der Waals surface area (Å²) in [6, 6.07) is 0. The second-order valence-corrected chi connectivity index (χ2v) is 11.1. The summed E-state index contributed by atoms with van der Waals surface area (Å²) in [5, 5.41) is 64.8. The zero-order valence-corrected chi connectivity index (χ0v) is 25.5. The van der Waals surface area contributed by atoms with Gasteiger partial charge in [0.15, 0.2) is 34.8 Å². The Labute approximate surface area is 274 Å². The van der Waals surface area contributed by atoms with Crippen molar-refractivity contribution in [2.24, 2.45) is 10.2 Å². The van der Waals surface area contributed by atoms with Crippen molar-refractivity contribution in [1.29, 1.82) is 0 Å². The number of aromatic amines is 2. The fourth-order valence-corrected chi connectivity index (χ4v) is 5.03. The van der Waals surface area contributed by atoms with Crippen molar-refractivity contribution < 1.29 is 54.6 Å². The van der Waals surface area contributed by atoms with Crippen LogP contribution in [0.1, 0.15) is 12.5 Å². The van der Waals surface area contributed by atoms with Crippen molar-refractivity contribution >= 4 is 54.5 Å². The zero-order chi connectivity index (χ0) is 36.4. The minimum Gasteiger partial charge on any atom is -0.394 e. The van der Waals surface area contributed by atoms with E-state index in [4.69, 9.17) is 42.2 Å². The van der Waals surface area contributed by atoms with E-state index >= 15 is 0 Å². The molecule has 0 spiro atoms. The second kappa shape index (κ2) is 14.8. The van der Waals surface area contributed by atoms with Crippen LogP contribution in [-0.4, -0.2) is 124 Å². The maximum absolute atomic E-state index is 12.0. The summed E-state index contributed by atoms with van der Waals surface area (Å²) in [7, 11) is -2.34. The molecule has 0 radical (unpaired) electrons. The van der Waals surface area contributed by atoms with Gasteiger partial charge >= 0.3 is 0 Å². The number of hydrogen-bond donors (Lipinski definition) is 11. The molecule has 13 N–H and O–H groups in total. The van der Waals surface area contributed by atoms with E-state index in [0.717, 1.165) is 9.13 Å². The number of azide groups is 2. The normalized spacial score (nSPS) is 26.7. The van der Waals surface area contributed by atoms with Crippen LogP contribution in [0.15, 0.2) is 19.8 Å². The number of aliphatic hydroxyl groups excluding tert-OH is 6. The Balaban J connectivity index is 0.000000197. The highest BCUT2D eigenvalue weighted by Gasteiger charge is 2.47. The molecule has 2 saturated heterocycles. The molecule has 3 unspecified atom stereocenters. The lowest BCUT2D eigenvalue weighted by Crippen LogP contribution is -2.33. The van der Waals surface area contributed by atoms with E-state index in [1.807, 2.05) is 0 Å². The number of rotatable bonds is 9. The number of hydrogen-bond acceptors (Lipinski definition) is 21. The number of H-pyrrole nitrogens is 2. The summed E-state index contributed by atoms with van der Waals surface area (Å²) in [4.78, 5) is 62.7. The molecule has 2 aliphatic rings. The van der Waals surface area contributed by atoms with E-state index in [2.05, 4.69) is 59.5 Å². The Kier molecular flexibility index (Phi) is 10.7. The van der Waals surface area contributed by atoms with Crippen molar-refractivity contribution in [2.45, 2.75) is 49.3 Å². The Hall–Kier alpha value is -5.09. The van der Waals surface area contributed by atoms with Crippen molar-refractivity contribution in [3.63, 3.8) is 0 Å². The summed E-state index contributed by atoms with van der Waals surface area (Å²) in [6.07, 6.45) is -12.3. The molecule has 50 heavy (non-hydrogen) atoms. The molecule has 2 fully saturated rings. The van der Waals surface area contributed by atoms with Crippen LogP contribution in [0.3, 0.4) is 0 Å². The van der Waals surface area contributed by atoms with Gasteiger partial charge in [-0.2, -0.15) is 19.5 Å². The van der Waals surface area contributed by atoms with E-state index in [0.29, 0.717) is 0 Å². The van der Waals surface area contributed by atoms with E-state index in [-0.39, 0.29) is 40.2 Å². The van der Waals surface area contributed by atoms with Crippen LogP contribution >= 0.6 is 8.38 Å². The first-order chi connectivity index (χ1) is 23.8. The monoisotopic (exact) mass is 728 g/mol. The molecule has 2 aliphatic heterocycles. The topological polar surface area (TPSA) is 455 Å². The molecule has 4 aromatic rings. The SMILES string of the molecule is [N-]=[N+]=Nc1nc2c(=O)[nH]c(N)nc2n1[C@@H]1O[C@H](CO)C(O)[C@@H]1O.[N-]=[N+]=Nc1nc2c(=O)[nH]c(N)nc2n1[C@@H]1O[C@H](OOP(O)CO)C(O)[C@@H]1O. The van der Waals surface area contributed by atoms with Crippen LogP contribution in [0.5, 0.6) is 0 Å². The third-order valence-corrected chi connectivity index (χ3v) is 7.43. The smallest absolute Gasteiger partial charge is 0.280 e. The number of fused-ring (bicyclic) bond motifs is 2. The molecular formula is C20H25N16O13P. The molecule has 6 heterocycles. The second-order valence-electron chi connectivity index (χ2n) is 9.96. The molecule has 0 amide bonds. The number of nitrogens with zero attached hydrogens (tertiary/aromatic N) is 12. The number of aromatic nitrogens is 8. The van der Waals surface area contributed by atoms with Gasteiger partial charge in [0, 0.05) is 9.82 Å². The number of nitrogens with one attached hydrogen (secondary N) is 2. The summed E-state index contributed by atoms with van der Waals surface area (Å²) in [5.41, 5.74) is 26.2.